The van der Waals surface area contributed by atoms with Crippen molar-refractivity contribution in [1.82, 2.24) is 5.32 Å². The van der Waals surface area contributed by atoms with Crippen molar-refractivity contribution in [2.24, 2.45) is 23.2 Å². The third-order valence-electron chi connectivity index (χ3n) is 7.42. The summed E-state index contributed by atoms with van der Waals surface area (Å²) in [5, 5.41) is 12.7. The maximum atomic E-state index is 12.5. The molecule has 4 rings (SSSR count). The van der Waals surface area contributed by atoms with Crippen molar-refractivity contribution in [3.63, 3.8) is 0 Å². The van der Waals surface area contributed by atoms with Crippen LogP contribution in [0.25, 0.3) is 0 Å². The molecule has 0 unspecified atom stereocenters. The molecule has 0 bridgehead atoms. The second-order valence-corrected chi connectivity index (χ2v) is 8.80. The number of aliphatic hydroxyl groups excluding tert-OH is 1. The number of fused-ring (bicyclic) bond motifs is 3. The molecule has 2 heterocycles. The Labute approximate surface area is 144 Å². The van der Waals surface area contributed by atoms with Crippen molar-refractivity contribution in [2.45, 2.75) is 70.1 Å². The van der Waals surface area contributed by atoms with Gasteiger partial charge < -0.3 is 19.9 Å². The Kier molecular flexibility index (Phi) is 4.17. The lowest BCUT2D eigenvalue weighted by atomic mass is 9.53. The molecule has 2 saturated carbocycles. The van der Waals surface area contributed by atoms with Gasteiger partial charge in [-0.15, -0.1) is 0 Å². The van der Waals surface area contributed by atoms with Crippen LogP contribution in [0.4, 0.5) is 0 Å². The van der Waals surface area contributed by atoms with E-state index in [1.54, 1.807) is 0 Å². The maximum Gasteiger partial charge on any atom is 0.310 e. The van der Waals surface area contributed by atoms with Crippen molar-refractivity contribution < 1.29 is 19.4 Å². The van der Waals surface area contributed by atoms with Crippen LogP contribution in [-0.4, -0.2) is 48.6 Å². The summed E-state index contributed by atoms with van der Waals surface area (Å²) in [5.74, 6) is 0.756. The summed E-state index contributed by atoms with van der Waals surface area (Å²) in [5.41, 5.74) is 0.369. The Morgan fingerprint density at radius 1 is 1.42 bits per heavy atom. The zero-order valence-corrected chi connectivity index (χ0v) is 14.9. The van der Waals surface area contributed by atoms with Crippen molar-refractivity contribution in [3.05, 3.63) is 0 Å². The van der Waals surface area contributed by atoms with Crippen LogP contribution in [-0.2, 0) is 14.3 Å². The van der Waals surface area contributed by atoms with Crippen LogP contribution in [0.3, 0.4) is 0 Å². The molecule has 1 spiro atoms. The fourth-order valence-electron chi connectivity index (χ4n) is 5.82. The highest BCUT2D eigenvalue weighted by Crippen LogP contribution is 2.62. The Hall–Kier alpha value is -0.650. The second kappa shape index (κ2) is 5.96. The Morgan fingerprint density at radius 3 is 2.88 bits per heavy atom. The summed E-state index contributed by atoms with van der Waals surface area (Å²) >= 11 is 0. The van der Waals surface area contributed by atoms with Crippen LogP contribution in [0, 0.1) is 23.2 Å². The van der Waals surface area contributed by atoms with Gasteiger partial charge in [-0.05, 0) is 49.9 Å². The molecule has 0 radical (unpaired) electrons. The quantitative estimate of drug-likeness (QED) is 0.592. The second-order valence-electron chi connectivity index (χ2n) is 8.80. The molecule has 0 amide bonds. The van der Waals surface area contributed by atoms with Gasteiger partial charge in [-0.1, -0.05) is 13.8 Å². The van der Waals surface area contributed by atoms with Crippen LogP contribution in [0.2, 0.25) is 0 Å². The van der Waals surface area contributed by atoms with Crippen molar-refractivity contribution in [3.8, 4) is 0 Å². The van der Waals surface area contributed by atoms with Gasteiger partial charge in [-0.3, -0.25) is 4.79 Å². The third kappa shape index (κ3) is 2.60. The predicted octanol–water partition coefficient (Wildman–Crippen LogP) is 1.87. The van der Waals surface area contributed by atoms with E-state index < -0.39 is 0 Å². The number of ether oxygens (including phenoxy) is 2. The number of rotatable bonds is 5. The van der Waals surface area contributed by atoms with Gasteiger partial charge >= 0.3 is 5.97 Å². The van der Waals surface area contributed by atoms with Crippen molar-refractivity contribution in [1.29, 1.82) is 0 Å². The highest BCUT2D eigenvalue weighted by molar-refractivity contribution is 5.75. The fourth-order valence-corrected chi connectivity index (χ4v) is 5.82. The molecule has 0 aromatic carbocycles. The molecular formula is C19H31NO4. The monoisotopic (exact) mass is 337 g/mol. The molecule has 4 aliphatic rings. The molecule has 2 saturated heterocycles. The molecular weight excluding hydrogens is 306 g/mol. The van der Waals surface area contributed by atoms with Gasteiger partial charge in [0.25, 0.3) is 0 Å². The molecule has 0 aromatic heterocycles. The first-order valence-electron chi connectivity index (χ1n) is 9.70. The van der Waals surface area contributed by atoms with Crippen LogP contribution in [0.5, 0.6) is 0 Å². The first-order valence-corrected chi connectivity index (χ1v) is 9.70. The number of hydrogen-bond acceptors (Lipinski definition) is 5. The van der Waals surface area contributed by atoms with E-state index in [1.165, 1.54) is 19.3 Å². The lowest BCUT2D eigenvalue weighted by molar-refractivity contribution is -0.147. The number of aliphatic hydroxyl groups is 1. The van der Waals surface area contributed by atoms with E-state index >= 15 is 0 Å². The number of carbonyl (C=O) groups excluding carboxylic acids is 1. The predicted molar refractivity (Wildman–Crippen MR) is 89.4 cm³/mol. The standard InChI is InChI=1S/C19H31NO4/c1-3-12(10-21)20-9-14-13-7-16-18(2,8-15(13)24-17(14)22)5-4-6-19(16)11-23-19/h12-16,20-21H,3-11H2,1-2H3/t12-,13+,14-,15-,16+,18-,19+/m0/s1. The molecule has 5 nitrogen and oxygen atoms in total. The highest BCUT2D eigenvalue weighted by atomic mass is 16.6. The van der Waals surface area contributed by atoms with Crippen molar-refractivity contribution in [2.75, 3.05) is 19.8 Å². The zero-order valence-electron chi connectivity index (χ0n) is 14.9. The lowest BCUT2D eigenvalue weighted by Crippen LogP contribution is -2.51. The minimum absolute atomic E-state index is 0.0432. The topological polar surface area (TPSA) is 71.1 Å². The number of nitrogens with one attached hydrogen (secondary N) is 1. The summed E-state index contributed by atoms with van der Waals surface area (Å²) in [7, 11) is 0. The van der Waals surface area contributed by atoms with E-state index in [0.29, 0.717) is 18.4 Å². The molecule has 0 aromatic rings. The molecule has 5 heteroatoms. The minimum atomic E-state index is -0.0714. The Balaban J connectivity index is 1.49. The highest BCUT2D eigenvalue weighted by Gasteiger charge is 2.64. The van der Waals surface area contributed by atoms with Gasteiger partial charge in [-0.25, -0.2) is 0 Å². The number of hydrogen-bond donors (Lipinski definition) is 2. The van der Waals surface area contributed by atoms with E-state index in [4.69, 9.17) is 9.47 Å². The van der Waals surface area contributed by atoms with E-state index in [1.807, 2.05) is 6.92 Å². The summed E-state index contributed by atoms with van der Waals surface area (Å²) < 4.78 is 11.7. The Morgan fingerprint density at radius 2 is 2.21 bits per heavy atom. The Bertz CT molecular complexity index is 502. The maximum absolute atomic E-state index is 12.5. The molecule has 2 aliphatic carbocycles. The van der Waals surface area contributed by atoms with E-state index in [-0.39, 0.29) is 41.7 Å². The molecule has 24 heavy (non-hydrogen) atoms. The van der Waals surface area contributed by atoms with Crippen molar-refractivity contribution >= 4 is 5.97 Å². The number of epoxide rings is 1. The largest absolute Gasteiger partial charge is 0.462 e. The van der Waals surface area contributed by atoms with Gasteiger partial charge in [0, 0.05) is 18.5 Å². The average molecular weight is 337 g/mol. The normalized spacial score (nSPS) is 47.9. The first kappa shape index (κ1) is 16.8. The van der Waals surface area contributed by atoms with Gasteiger partial charge in [-0.2, -0.15) is 0 Å². The van der Waals surface area contributed by atoms with Crippen LogP contribution >= 0.6 is 0 Å². The fraction of sp³-hybridized carbons (Fsp3) is 0.947. The van der Waals surface area contributed by atoms with Crippen LogP contribution in [0.15, 0.2) is 0 Å². The minimum Gasteiger partial charge on any atom is -0.462 e. The van der Waals surface area contributed by atoms with Gasteiger partial charge in [0.1, 0.15) is 6.10 Å². The van der Waals surface area contributed by atoms with Gasteiger partial charge in [0.05, 0.1) is 24.7 Å². The summed E-state index contributed by atoms with van der Waals surface area (Å²) in [4.78, 5) is 12.5. The number of carbonyl (C=O) groups is 1. The average Bonchev–Trinajstić information content (AvgIpc) is 3.25. The van der Waals surface area contributed by atoms with E-state index in [0.717, 1.165) is 25.9 Å². The van der Waals surface area contributed by atoms with Crippen LogP contribution < -0.4 is 5.32 Å². The SMILES string of the molecule is CC[C@@H](CO)NC[C@@H]1C(=O)O[C@H]2C[C@]3(C)CCC[C@@]4(CO4)[C@@H]3C[C@@H]21. The van der Waals surface area contributed by atoms with Gasteiger partial charge in [0.2, 0.25) is 0 Å². The van der Waals surface area contributed by atoms with Gasteiger partial charge in [0.15, 0.2) is 0 Å². The lowest BCUT2D eigenvalue weighted by Gasteiger charge is -2.51. The van der Waals surface area contributed by atoms with E-state index in [2.05, 4.69) is 12.2 Å². The number of esters is 1. The van der Waals surface area contributed by atoms with E-state index in [9.17, 15) is 9.90 Å². The summed E-state index contributed by atoms with van der Waals surface area (Å²) in [6.45, 7) is 6.08. The molecule has 136 valence electrons. The smallest absolute Gasteiger partial charge is 0.310 e. The third-order valence-corrected chi connectivity index (χ3v) is 7.42. The molecule has 7 atom stereocenters. The molecule has 4 fully saturated rings. The molecule has 2 aliphatic heterocycles. The van der Waals surface area contributed by atoms with Crippen LogP contribution in [0.1, 0.15) is 52.4 Å². The molecule has 2 N–H and O–H groups in total. The summed E-state index contributed by atoms with van der Waals surface area (Å²) in [6, 6.07) is 0.0681. The summed E-state index contributed by atoms with van der Waals surface area (Å²) in [6.07, 6.45) is 6.64. The zero-order chi connectivity index (χ0) is 16.9. The first-order chi connectivity index (χ1) is 11.5.